The molecule has 0 saturated carbocycles. The first-order valence-electron chi connectivity index (χ1n) is 6.34. The summed E-state index contributed by atoms with van der Waals surface area (Å²) in [5.41, 5.74) is 0.437. The number of hydrogen-bond acceptors (Lipinski definition) is 3. The van der Waals surface area contributed by atoms with Crippen molar-refractivity contribution in [3.05, 3.63) is 29.0 Å². The fraction of sp³-hybridized carbons (Fsp3) is 0.538. The average molecular weight is 268 g/mol. The smallest absolute Gasteiger partial charge is 0.272 e. The Bertz CT molecular complexity index is 416. The van der Waals surface area contributed by atoms with Crippen molar-refractivity contribution in [2.24, 2.45) is 0 Å². The van der Waals surface area contributed by atoms with E-state index in [4.69, 9.17) is 11.6 Å². The third-order valence-corrected chi connectivity index (χ3v) is 3.38. The van der Waals surface area contributed by atoms with Gasteiger partial charge in [-0.1, -0.05) is 18.5 Å². The molecule has 1 aliphatic heterocycles. The number of rotatable bonds is 3. The summed E-state index contributed by atoms with van der Waals surface area (Å²) in [4.78, 5) is 20.5. The predicted molar refractivity (Wildman–Crippen MR) is 71.9 cm³/mol. The van der Waals surface area contributed by atoms with E-state index < -0.39 is 0 Å². The van der Waals surface area contributed by atoms with E-state index in [1.165, 1.54) is 0 Å². The normalized spacial score (nSPS) is 16.9. The lowest BCUT2D eigenvalue weighted by Gasteiger charge is -2.34. The predicted octanol–water partition coefficient (Wildman–Crippen LogP) is 1.90. The molecule has 18 heavy (non-hydrogen) atoms. The van der Waals surface area contributed by atoms with Crippen LogP contribution in [-0.4, -0.2) is 53.4 Å². The van der Waals surface area contributed by atoms with Crippen molar-refractivity contribution in [2.45, 2.75) is 13.3 Å². The molecule has 0 aliphatic carbocycles. The molecule has 1 aromatic heterocycles. The summed E-state index contributed by atoms with van der Waals surface area (Å²) < 4.78 is 0. The molecule has 1 amide bonds. The van der Waals surface area contributed by atoms with E-state index >= 15 is 0 Å². The van der Waals surface area contributed by atoms with Crippen molar-refractivity contribution in [2.75, 3.05) is 32.7 Å². The molecule has 2 rings (SSSR count). The number of piperazine rings is 1. The summed E-state index contributed by atoms with van der Waals surface area (Å²) in [5.74, 6) is -0.0198. The highest BCUT2D eigenvalue weighted by atomic mass is 35.5. The van der Waals surface area contributed by atoms with Crippen molar-refractivity contribution in [3.8, 4) is 0 Å². The fourth-order valence-electron chi connectivity index (χ4n) is 2.17. The van der Waals surface area contributed by atoms with Crippen LogP contribution in [0.4, 0.5) is 0 Å². The van der Waals surface area contributed by atoms with Crippen LogP contribution in [0.25, 0.3) is 0 Å². The van der Waals surface area contributed by atoms with Crippen LogP contribution in [0.5, 0.6) is 0 Å². The maximum Gasteiger partial charge on any atom is 0.272 e. The number of carbonyl (C=O) groups excluding carboxylic acids is 1. The van der Waals surface area contributed by atoms with E-state index in [2.05, 4.69) is 16.8 Å². The minimum atomic E-state index is -0.0198. The third-order valence-electron chi connectivity index (χ3n) is 3.14. The zero-order chi connectivity index (χ0) is 13.0. The molecule has 1 aromatic rings. The highest BCUT2D eigenvalue weighted by Gasteiger charge is 2.22. The van der Waals surface area contributed by atoms with E-state index in [1.54, 1.807) is 18.3 Å². The molecule has 0 unspecified atom stereocenters. The molecule has 1 aliphatic rings. The molecule has 2 heterocycles. The van der Waals surface area contributed by atoms with Gasteiger partial charge in [0, 0.05) is 37.4 Å². The maximum atomic E-state index is 12.2. The molecule has 0 atom stereocenters. The Kier molecular flexibility index (Phi) is 4.55. The zero-order valence-electron chi connectivity index (χ0n) is 10.6. The van der Waals surface area contributed by atoms with Crippen LogP contribution in [0.3, 0.4) is 0 Å². The van der Waals surface area contributed by atoms with Gasteiger partial charge in [0.2, 0.25) is 0 Å². The number of halogens is 1. The van der Waals surface area contributed by atoms with Gasteiger partial charge in [0.1, 0.15) is 5.69 Å². The molecule has 98 valence electrons. The summed E-state index contributed by atoms with van der Waals surface area (Å²) in [6.45, 7) is 6.71. The molecular weight excluding hydrogens is 250 g/mol. The van der Waals surface area contributed by atoms with Gasteiger partial charge in [-0.2, -0.15) is 0 Å². The summed E-state index contributed by atoms with van der Waals surface area (Å²) in [5, 5.41) is 0.554. The quantitative estimate of drug-likeness (QED) is 0.839. The van der Waals surface area contributed by atoms with Crippen molar-refractivity contribution in [1.82, 2.24) is 14.8 Å². The summed E-state index contributed by atoms with van der Waals surface area (Å²) in [6, 6.07) is 3.31. The molecule has 0 bridgehead atoms. The fourth-order valence-corrected chi connectivity index (χ4v) is 2.33. The van der Waals surface area contributed by atoms with Gasteiger partial charge < -0.3 is 4.90 Å². The Hall–Kier alpha value is -1.13. The van der Waals surface area contributed by atoms with Gasteiger partial charge in [-0.15, -0.1) is 0 Å². The van der Waals surface area contributed by atoms with Crippen LogP contribution >= 0.6 is 11.6 Å². The SMILES string of the molecule is CCCN1CCN(C(=O)c2cc(Cl)ccn2)CC1. The number of hydrogen-bond donors (Lipinski definition) is 0. The third kappa shape index (κ3) is 3.21. The minimum Gasteiger partial charge on any atom is -0.335 e. The molecule has 0 N–H and O–H groups in total. The first-order chi connectivity index (χ1) is 8.70. The van der Waals surface area contributed by atoms with E-state index in [0.717, 1.165) is 39.1 Å². The van der Waals surface area contributed by atoms with Crippen LogP contribution < -0.4 is 0 Å². The van der Waals surface area contributed by atoms with Gasteiger partial charge in [0.05, 0.1) is 0 Å². The van der Waals surface area contributed by atoms with Gasteiger partial charge >= 0.3 is 0 Å². The molecule has 1 fully saturated rings. The van der Waals surface area contributed by atoms with Crippen molar-refractivity contribution < 1.29 is 4.79 Å². The standard InChI is InChI=1S/C13H18ClN3O/c1-2-5-16-6-8-17(9-7-16)13(18)12-10-11(14)3-4-15-12/h3-4,10H,2,5-9H2,1H3. The maximum absolute atomic E-state index is 12.2. The monoisotopic (exact) mass is 267 g/mol. The number of aromatic nitrogens is 1. The van der Waals surface area contributed by atoms with Crippen LogP contribution in [0.2, 0.25) is 5.02 Å². The van der Waals surface area contributed by atoms with Crippen LogP contribution in [-0.2, 0) is 0 Å². The van der Waals surface area contributed by atoms with Crippen LogP contribution in [0.15, 0.2) is 18.3 Å². The average Bonchev–Trinajstić information content (AvgIpc) is 2.39. The summed E-state index contributed by atoms with van der Waals surface area (Å²) in [7, 11) is 0. The molecule has 1 saturated heterocycles. The molecule has 0 spiro atoms. The lowest BCUT2D eigenvalue weighted by molar-refractivity contribution is 0.0632. The number of amides is 1. The molecule has 5 heteroatoms. The van der Waals surface area contributed by atoms with E-state index in [0.29, 0.717) is 10.7 Å². The topological polar surface area (TPSA) is 36.4 Å². The van der Waals surface area contributed by atoms with Crippen LogP contribution in [0.1, 0.15) is 23.8 Å². The number of carbonyl (C=O) groups is 1. The Labute approximate surface area is 113 Å². The van der Waals surface area contributed by atoms with Crippen molar-refractivity contribution in [1.29, 1.82) is 0 Å². The highest BCUT2D eigenvalue weighted by Crippen LogP contribution is 2.12. The molecule has 0 aromatic carbocycles. The largest absolute Gasteiger partial charge is 0.335 e. The van der Waals surface area contributed by atoms with Crippen LogP contribution in [0, 0.1) is 0 Å². The number of nitrogens with zero attached hydrogens (tertiary/aromatic N) is 3. The van der Waals surface area contributed by atoms with Crippen molar-refractivity contribution in [3.63, 3.8) is 0 Å². The zero-order valence-corrected chi connectivity index (χ0v) is 11.4. The summed E-state index contributed by atoms with van der Waals surface area (Å²) in [6.07, 6.45) is 2.73. The lowest BCUT2D eigenvalue weighted by atomic mass is 10.2. The minimum absolute atomic E-state index is 0.0198. The van der Waals surface area contributed by atoms with Gasteiger partial charge in [0.25, 0.3) is 5.91 Å². The summed E-state index contributed by atoms with van der Waals surface area (Å²) >= 11 is 5.87. The first-order valence-corrected chi connectivity index (χ1v) is 6.71. The van der Waals surface area contributed by atoms with Gasteiger partial charge in [0.15, 0.2) is 0 Å². The molecule has 4 nitrogen and oxygen atoms in total. The Morgan fingerprint density at radius 2 is 2.11 bits per heavy atom. The second-order valence-electron chi connectivity index (χ2n) is 4.49. The highest BCUT2D eigenvalue weighted by molar-refractivity contribution is 6.30. The van der Waals surface area contributed by atoms with E-state index in [1.807, 2.05) is 4.90 Å². The molecular formula is C13H18ClN3O. The van der Waals surface area contributed by atoms with E-state index in [-0.39, 0.29) is 5.91 Å². The second kappa shape index (κ2) is 6.16. The van der Waals surface area contributed by atoms with Gasteiger partial charge in [-0.3, -0.25) is 14.7 Å². The second-order valence-corrected chi connectivity index (χ2v) is 4.93. The first kappa shape index (κ1) is 13.3. The number of pyridine rings is 1. The van der Waals surface area contributed by atoms with Gasteiger partial charge in [-0.25, -0.2) is 0 Å². The van der Waals surface area contributed by atoms with Gasteiger partial charge in [-0.05, 0) is 25.1 Å². The lowest BCUT2D eigenvalue weighted by Crippen LogP contribution is -2.48. The van der Waals surface area contributed by atoms with Crippen molar-refractivity contribution >= 4 is 17.5 Å². The Morgan fingerprint density at radius 3 is 2.72 bits per heavy atom. The Balaban J connectivity index is 1.95. The van der Waals surface area contributed by atoms with E-state index in [9.17, 15) is 4.79 Å². The molecule has 0 radical (unpaired) electrons. The Morgan fingerprint density at radius 1 is 1.39 bits per heavy atom.